The molecule has 1 heterocycles. The molecule has 1 aliphatic rings. The minimum absolute atomic E-state index is 0.373. The first-order valence-electron chi connectivity index (χ1n) is 12.0. The van der Waals surface area contributed by atoms with Crippen molar-refractivity contribution >= 4 is 27.2 Å². The standard InChI is InChI=1S/C31H28N2/c1-2-20-18-28(22-8-3-4-9-27(22)31-12-5-6-17-33-31)25-14-13-23-21-10-7-11-30(32)26(21)16-15-24(23)29(25)19-20/h3-17,20,28H,2,18-19,32H2,1H3. The Morgan fingerprint density at radius 1 is 0.758 bits per heavy atom. The number of anilines is 1. The van der Waals surface area contributed by atoms with Gasteiger partial charge in [0, 0.05) is 28.8 Å². The van der Waals surface area contributed by atoms with E-state index >= 15 is 0 Å². The van der Waals surface area contributed by atoms with Crippen molar-refractivity contribution in [2.75, 3.05) is 5.73 Å². The molecule has 162 valence electrons. The Bertz CT molecular complexity index is 1470. The molecule has 2 unspecified atom stereocenters. The van der Waals surface area contributed by atoms with E-state index < -0.39 is 0 Å². The first kappa shape index (κ1) is 20.0. The highest BCUT2D eigenvalue weighted by molar-refractivity contribution is 6.12. The zero-order valence-electron chi connectivity index (χ0n) is 19.0. The average molecular weight is 429 g/mol. The third-order valence-corrected chi connectivity index (χ3v) is 7.53. The molecule has 0 bridgehead atoms. The van der Waals surface area contributed by atoms with Crippen LogP contribution in [-0.4, -0.2) is 4.98 Å². The summed E-state index contributed by atoms with van der Waals surface area (Å²) >= 11 is 0. The monoisotopic (exact) mass is 428 g/mol. The van der Waals surface area contributed by atoms with Crippen LogP contribution in [0.25, 0.3) is 32.8 Å². The minimum atomic E-state index is 0.373. The van der Waals surface area contributed by atoms with Gasteiger partial charge in [-0.05, 0) is 69.8 Å². The predicted octanol–water partition coefficient (Wildman–Crippen LogP) is 7.74. The largest absolute Gasteiger partial charge is 0.398 e. The van der Waals surface area contributed by atoms with Crippen molar-refractivity contribution in [2.24, 2.45) is 5.92 Å². The normalized spacial score (nSPS) is 17.8. The molecule has 0 saturated heterocycles. The van der Waals surface area contributed by atoms with Gasteiger partial charge in [0.05, 0.1) is 5.69 Å². The third-order valence-electron chi connectivity index (χ3n) is 7.53. The van der Waals surface area contributed by atoms with Gasteiger partial charge in [-0.15, -0.1) is 0 Å². The van der Waals surface area contributed by atoms with E-state index in [1.165, 1.54) is 51.3 Å². The second-order valence-corrected chi connectivity index (χ2v) is 9.31. The lowest BCUT2D eigenvalue weighted by atomic mass is 9.70. The number of hydrogen-bond donors (Lipinski definition) is 1. The zero-order valence-corrected chi connectivity index (χ0v) is 19.0. The molecular formula is C31H28N2. The number of nitrogens with two attached hydrogens (primary N) is 1. The van der Waals surface area contributed by atoms with Gasteiger partial charge >= 0.3 is 0 Å². The number of fused-ring (bicyclic) bond motifs is 5. The van der Waals surface area contributed by atoms with E-state index in [4.69, 9.17) is 5.73 Å². The average Bonchev–Trinajstić information content (AvgIpc) is 2.88. The van der Waals surface area contributed by atoms with Crippen LogP contribution in [0.1, 0.15) is 42.4 Å². The van der Waals surface area contributed by atoms with Crippen LogP contribution in [0, 0.1) is 5.92 Å². The van der Waals surface area contributed by atoms with Crippen molar-refractivity contribution in [3.8, 4) is 11.3 Å². The van der Waals surface area contributed by atoms with Crippen LogP contribution in [0.3, 0.4) is 0 Å². The van der Waals surface area contributed by atoms with Crippen molar-refractivity contribution < 1.29 is 0 Å². The highest BCUT2D eigenvalue weighted by Crippen LogP contribution is 2.46. The molecule has 0 amide bonds. The fourth-order valence-electron chi connectivity index (χ4n) is 5.83. The van der Waals surface area contributed by atoms with E-state index in [9.17, 15) is 0 Å². The van der Waals surface area contributed by atoms with Gasteiger partial charge in [-0.25, -0.2) is 0 Å². The van der Waals surface area contributed by atoms with Gasteiger partial charge < -0.3 is 5.73 Å². The van der Waals surface area contributed by atoms with Crippen LogP contribution >= 0.6 is 0 Å². The summed E-state index contributed by atoms with van der Waals surface area (Å²) in [6, 6.07) is 30.5. The maximum atomic E-state index is 6.29. The molecule has 0 fully saturated rings. The molecule has 0 aliphatic heterocycles. The Balaban J connectivity index is 1.59. The molecule has 2 N–H and O–H groups in total. The number of rotatable bonds is 3. The van der Waals surface area contributed by atoms with Gasteiger partial charge in [0.25, 0.3) is 0 Å². The zero-order chi connectivity index (χ0) is 22.4. The summed E-state index contributed by atoms with van der Waals surface area (Å²) in [5.74, 6) is 1.04. The fraction of sp³-hybridized carbons (Fsp3) is 0.194. The van der Waals surface area contributed by atoms with Crippen molar-refractivity contribution in [1.29, 1.82) is 0 Å². The van der Waals surface area contributed by atoms with E-state index in [1.807, 2.05) is 18.3 Å². The highest BCUT2D eigenvalue weighted by atomic mass is 14.7. The lowest BCUT2D eigenvalue weighted by Crippen LogP contribution is -2.20. The Hall–Kier alpha value is -3.65. The van der Waals surface area contributed by atoms with Gasteiger partial charge in [0.15, 0.2) is 0 Å². The lowest BCUT2D eigenvalue weighted by Gasteiger charge is -2.33. The summed E-state index contributed by atoms with van der Waals surface area (Å²) < 4.78 is 0. The second kappa shape index (κ2) is 8.04. The summed E-state index contributed by atoms with van der Waals surface area (Å²) in [6.45, 7) is 2.33. The maximum Gasteiger partial charge on any atom is 0.0704 e. The summed E-state index contributed by atoms with van der Waals surface area (Å²) in [6.07, 6.45) is 5.40. The molecule has 6 rings (SSSR count). The Labute approximate surface area is 195 Å². The molecule has 2 heteroatoms. The van der Waals surface area contributed by atoms with Crippen LogP contribution in [0.15, 0.2) is 91.1 Å². The quantitative estimate of drug-likeness (QED) is 0.236. The molecule has 4 aromatic carbocycles. The molecule has 0 spiro atoms. The van der Waals surface area contributed by atoms with Crippen LogP contribution < -0.4 is 5.73 Å². The summed E-state index contributed by atoms with van der Waals surface area (Å²) in [5, 5.41) is 5.08. The molecule has 33 heavy (non-hydrogen) atoms. The van der Waals surface area contributed by atoms with E-state index in [1.54, 1.807) is 0 Å². The Morgan fingerprint density at radius 3 is 2.39 bits per heavy atom. The van der Waals surface area contributed by atoms with E-state index in [-0.39, 0.29) is 0 Å². The maximum absolute atomic E-state index is 6.29. The number of nitrogens with zero attached hydrogens (tertiary/aromatic N) is 1. The van der Waals surface area contributed by atoms with E-state index in [0.717, 1.165) is 23.2 Å². The molecule has 2 atom stereocenters. The van der Waals surface area contributed by atoms with Crippen molar-refractivity contribution in [2.45, 2.75) is 32.1 Å². The number of benzene rings is 4. The topological polar surface area (TPSA) is 38.9 Å². The number of aromatic nitrogens is 1. The molecule has 1 aliphatic carbocycles. The van der Waals surface area contributed by atoms with Gasteiger partial charge in [-0.2, -0.15) is 0 Å². The molecule has 2 nitrogen and oxygen atoms in total. The third kappa shape index (κ3) is 3.29. The minimum Gasteiger partial charge on any atom is -0.398 e. The summed E-state index contributed by atoms with van der Waals surface area (Å²) in [4.78, 5) is 4.68. The van der Waals surface area contributed by atoms with Crippen LogP contribution in [0.5, 0.6) is 0 Å². The van der Waals surface area contributed by atoms with Gasteiger partial charge in [0.2, 0.25) is 0 Å². The Morgan fingerprint density at radius 2 is 1.55 bits per heavy atom. The Kier molecular flexibility index (Phi) is 4.87. The molecular weight excluding hydrogens is 400 g/mol. The molecule has 0 radical (unpaired) electrons. The smallest absolute Gasteiger partial charge is 0.0704 e. The van der Waals surface area contributed by atoms with E-state index in [0.29, 0.717) is 11.8 Å². The van der Waals surface area contributed by atoms with Gasteiger partial charge in [-0.1, -0.05) is 80.1 Å². The highest BCUT2D eigenvalue weighted by Gasteiger charge is 2.30. The SMILES string of the molecule is CCC1Cc2c(ccc3c2ccc2c(N)cccc23)C(c2ccccc2-c2ccccn2)C1. The number of pyridine rings is 1. The molecule has 5 aromatic rings. The molecule has 0 saturated carbocycles. The van der Waals surface area contributed by atoms with Crippen LogP contribution in [0.2, 0.25) is 0 Å². The van der Waals surface area contributed by atoms with Gasteiger partial charge in [0.1, 0.15) is 0 Å². The van der Waals surface area contributed by atoms with Crippen LogP contribution in [0.4, 0.5) is 5.69 Å². The van der Waals surface area contributed by atoms with E-state index in [2.05, 4.69) is 84.7 Å². The first-order valence-corrected chi connectivity index (χ1v) is 12.0. The summed E-state index contributed by atoms with van der Waals surface area (Å²) in [5.41, 5.74) is 13.8. The predicted molar refractivity (Wildman–Crippen MR) is 139 cm³/mol. The van der Waals surface area contributed by atoms with Crippen molar-refractivity contribution in [3.05, 3.63) is 108 Å². The first-order chi connectivity index (χ1) is 16.2. The van der Waals surface area contributed by atoms with Crippen molar-refractivity contribution in [3.63, 3.8) is 0 Å². The van der Waals surface area contributed by atoms with Crippen molar-refractivity contribution in [1.82, 2.24) is 4.98 Å². The number of hydrogen-bond acceptors (Lipinski definition) is 2. The lowest BCUT2D eigenvalue weighted by molar-refractivity contribution is 0.419. The second-order valence-electron chi connectivity index (χ2n) is 9.31. The van der Waals surface area contributed by atoms with Gasteiger partial charge in [-0.3, -0.25) is 4.98 Å². The van der Waals surface area contributed by atoms with Crippen LogP contribution in [-0.2, 0) is 6.42 Å². The number of nitrogen functional groups attached to an aromatic ring is 1. The molecule has 1 aromatic heterocycles. The summed E-state index contributed by atoms with van der Waals surface area (Å²) in [7, 11) is 0. The fourth-order valence-corrected chi connectivity index (χ4v) is 5.83.